The molecule has 16 heavy (non-hydrogen) atoms. The second-order valence-corrected chi connectivity index (χ2v) is 2.84. The van der Waals surface area contributed by atoms with E-state index in [-0.39, 0.29) is 0 Å². The van der Waals surface area contributed by atoms with Gasteiger partial charge in [-0.25, -0.2) is 24.0 Å². The Kier molecular flexibility index (Phi) is 6.84. The van der Waals surface area contributed by atoms with E-state index in [9.17, 15) is 27.4 Å². The molecule has 0 aromatic rings. The van der Waals surface area contributed by atoms with Crippen LogP contribution in [0.3, 0.4) is 0 Å². The van der Waals surface area contributed by atoms with E-state index in [2.05, 4.69) is 0 Å². The highest BCUT2D eigenvalue weighted by Crippen LogP contribution is 2.25. The van der Waals surface area contributed by atoms with Crippen LogP contribution in [-0.2, 0) is 24.0 Å². The largest absolute Gasteiger partial charge is 0.466 e. The molecule has 0 fully saturated rings. The fourth-order valence-electron chi connectivity index (χ4n) is 0.180. The van der Waals surface area contributed by atoms with Gasteiger partial charge in [-0.1, -0.05) is 0 Å². The van der Waals surface area contributed by atoms with Gasteiger partial charge in [0, 0.05) is 9.05 Å². The molecule has 0 aliphatic carbocycles. The van der Waals surface area contributed by atoms with Crippen molar-refractivity contribution in [3.8, 4) is 0 Å². The Morgan fingerprint density at radius 1 is 1.00 bits per heavy atom. The lowest BCUT2D eigenvalue weighted by atomic mass is 10.3. The van der Waals surface area contributed by atoms with E-state index in [4.69, 9.17) is 19.2 Å². The molecule has 0 radical (unpaired) electrons. The van der Waals surface area contributed by atoms with Gasteiger partial charge in [-0.05, 0) is 0 Å². The predicted octanol–water partition coefficient (Wildman–Crippen LogP) is -0.451. The van der Waals surface area contributed by atoms with Crippen LogP contribution >= 0.6 is 7.82 Å². The first kappa shape index (κ1) is 17.2. The molecule has 3 N–H and O–H groups in total. The fraction of sp³-hybridized carbons (Fsp3) is 0.333. The number of halogens is 4. The minimum absolute atomic E-state index is 1.98. The van der Waals surface area contributed by atoms with Crippen molar-refractivity contribution >= 4 is 19.8 Å². The maximum absolute atomic E-state index is 11.8. The van der Waals surface area contributed by atoms with E-state index in [0.29, 0.717) is 0 Å². The molecule has 0 amide bonds. The smallest absolute Gasteiger partial charge is 0.303 e. The average molecular weight is 274 g/mol. The van der Waals surface area contributed by atoms with E-state index in [1.165, 1.54) is 0 Å². The lowest BCUT2D eigenvalue weighted by molar-refractivity contribution is -0.233. The number of alkyl halides is 2. The summed E-state index contributed by atoms with van der Waals surface area (Å²) in [7, 11) is -4.64. The zero-order chi connectivity index (χ0) is 13.6. The van der Waals surface area contributed by atoms with Gasteiger partial charge in [-0.3, -0.25) is 0 Å². The van der Waals surface area contributed by atoms with Gasteiger partial charge < -0.3 is 14.7 Å². The number of carbonyl (C=O) groups is 2. The number of carbonyl (C=O) groups excluding carboxylic acids is 2. The van der Waals surface area contributed by atoms with Crippen LogP contribution < -0.4 is 0 Å². The summed E-state index contributed by atoms with van der Waals surface area (Å²) in [5, 5.41) is 0. The molecule has 0 heterocycles. The first-order valence-electron chi connectivity index (χ1n) is 2.79. The van der Waals surface area contributed by atoms with Crippen molar-refractivity contribution in [2.45, 2.75) is 5.92 Å². The number of hydrogen-bond acceptors (Lipinski definition) is 5. The highest BCUT2D eigenvalue weighted by atomic mass is 31.2. The molecule has 0 saturated heterocycles. The van der Waals surface area contributed by atoms with Crippen LogP contribution in [0.1, 0.15) is 0 Å². The van der Waals surface area contributed by atoms with Gasteiger partial charge >= 0.3 is 25.7 Å². The molecule has 0 saturated carbocycles. The zero-order valence-corrected chi connectivity index (χ0v) is 7.74. The molecule has 0 atom stereocenters. The van der Waals surface area contributed by atoms with Crippen LogP contribution in [0, 0.1) is 0 Å². The van der Waals surface area contributed by atoms with E-state index in [1.54, 1.807) is 0 Å². The van der Waals surface area contributed by atoms with Crippen LogP contribution in [0.5, 0.6) is 0 Å². The lowest BCUT2D eigenvalue weighted by Gasteiger charge is -2.04. The van der Waals surface area contributed by atoms with Gasteiger partial charge in [-0.15, -0.1) is 0 Å². The highest BCUT2D eigenvalue weighted by molar-refractivity contribution is 7.45. The molecule has 13 heteroatoms. The molecular weight excluding hydrogens is 271 g/mol. The number of rotatable bonds is 2. The molecular formula is C3H3F4O8P. The molecule has 0 aliphatic heterocycles. The summed E-state index contributed by atoms with van der Waals surface area (Å²) >= 11 is 0. The molecule has 0 bridgehead atoms. The second-order valence-electron chi connectivity index (χ2n) is 1.82. The Balaban J connectivity index is 0. The SMILES string of the molecule is O=C(OF)C(F)(F)C(=O)OF.O=P(O)(O)O. The summed E-state index contributed by atoms with van der Waals surface area (Å²) in [6.45, 7) is 0. The van der Waals surface area contributed by atoms with Gasteiger partial charge in [0.2, 0.25) is 0 Å². The van der Waals surface area contributed by atoms with Crippen LogP contribution in [0.4, 0.5) is 17.8 Å². The Bertz CT molecular complexity index is 271. The Hall–Kier alpha value is -1.23. The third kappa shape index (κ3) is 8.11. The highest BCUT2D eigenvalue weighted by Gasteiger charge is 2.53. The van der Waals surface area contributed by atoms with Crippen LogP contribution in [0.25, 0.3) is 0 Å². The molecule has 0 spiro atoms. The molecule has 0 aromatic heterocycles. The van der Waals surface area contributed by atoms with Crippen molar-refractivity contribution in [2.75, 3.05) is 0 Å². The Morgan fingerprint density at radius 2 is 1.19 bits per heavy atom. The third-order valence-electron chi connectivity index (χ3n) is 0.653. The van der Waals surface area contributed by atoms with Crippen molar-refractivity contribution in [3.05, 3.63) is 0 Å². The minimum Gasteiger partial charge on any atom is -0.303 e. The third-order valence-corrected chi connectivity index (χ3v) is 0.653. The number of hydrogen-bond donors (Lipinski definition) is 3. The second kappa shape index (κ2) is 6.37. The van der Waals surface area contributed by atoms with Crippen molar-refractivity contribution in [1.82, 2.24) is 0 Å². The fourth-order valence-corrected chi connectivity index (χ4v) is 0.180. The van der Waals surface area contributed by atoms with Crippen molar-refractivity contribution in [2.24, 2.45) is 0 Å². The van der Waals surface area contributed by atoms with Gasteiger partial charge in [0.25, 0.3) is 0 Å². The monoisotopic (exact) mass is 274 g/mol. The standard InChI is InChI=1S/C3F4O4.H3O4P/c4-3(5,1(8)10-6)2(9)11-7;1-5(2,3)4/h;(H3,1,2,3,4). The Morgan fingerprint density at radius 3 is 1.31 bits per heavy atom. The molecule has 0 aromatic carbocycles. The minimum atomic E-state index is -4.95. The maximum Gasteiger partial charge on any atom is 0.466 e. The summed E-state index contributed by atoms with van der Waals surface area (Å²) in [6, 6.07) is 0. The van der Waals surface area contributed by atoms with Crippen molar-refractivity contribution in [1.29, 1.82) is 0 Å². The molecule has 8 nitrogen and oxygen atoms in total. The first-order chi connectivity index (χ1) is 6.96. The quantitative estimate of drug-likeness (QED) is 0.350. The summed E-state index contributed by atoms with van der Waals surface area (Å²) in [6.07, 6.45) is 0. The summed E-state index contributed by atoms with van der Waals surface area (Å²) in [5.41, 5.74) is 0. The first-order valence-corrected chi connectivity index (χ1v) is 4.35. The van der Waals surface area contributed by atoms with Gasteiger partial charge in [0.15, 0.2) is 0 Å². The van der Waals surface area contributed by atoms with E-state index < -0.39 is 25.7 Å². The van der Waals surface area contributed by atoms with Crippen LogP contribution in [-0.4, -0.2) is 32.5 Å². The van der Waals surface area contributed by atoms with Crippen LogP contribution in [0.15, 0.2) is 0 Å². The van der Waals surface area contributed by atoms with Crippen molar-refractivity contribution in [3.63, 3.8) is 0 Å². The maximum atomic E-state index is 11.8. The molecule has 96 valence electrons. The Labute approximate surface area is 83.4 Å². The van der Waals surface area contributed by atoms with Gasteiger partial charge in [-0.2, -0.15) is 8.78 Å². The molecule has 0 unspecified atom stereocenters. The normalized spacial score (nSPS) is 10.9. The summed E-state index contributed by atoms with van der Waals surface area (Å²) in [5.74, 6) is -10.6. The number of phosphoric acid groups is 1. The molecule has 0 aliphatic rings. The zero-order valence-electron chi connectivity index (χ0n) is 6.84. The summed E-state index contributed by atoms with van der Waals surface area (Å²) in [4.78, 5) is 44.8. The summed E-state index contributed by atoms with van der Waals surface area (Å²) < 4.78 is 53.9. The topological polar surface area (TPSA) is 130 Å². The lowest BCUT2D eigenvalue weighted by Crippen LogP contribution is -2.38. The van der Waals surface area contributed by atoms with Gasteiger partial charge in [0.1, 0.15) is 0 Å². The molecule has 0 rings (SSSR count). The van der Waals surface area contributed by atoms with E-state index in [0.717, 1.165) is 0 Å². The predicted molar refractivity (Wildman–Crippen MR) is 33.6 cm³/mol. The van der Waals surface area contributed by atoms with Crippen LogP contribution in [0.2, 0.25) is 0 Å². The average Bonchev–Trinajstić information content (AvgIpc) is 2.12. The van der Waals surface area contributed by atoms with E-state index in [1.807, 2.05) is 9.88 Å². The van der Waals surface area contributed by atoms with E-state index >= 15 is 0 Å². The van der Waals surface area contributed by atoms with Gasteiger partial charge in [0.05, 0.1) is 0 Å². The van der Waals surface area contributed by atoms with Crippen molar-refractivity contribution < 1.29 is 56.6 Å².